The maximum atomic E-state index is 13.0. The minimum Gasteiger partial charge on any atom is -0.461 e. The van der Waals surface area contributed by atoms with Crippen LogP contribution >= 0.6 is 0 Å². The number of ether oxygens (including phenoxy) is 1. The summed E-state index contributed by atoms with van der Waals surface area (Å²) in [7, 11) is 0. The third-order valence-corrected chi connectivity index (χ3v) is 1.40. The summed E-state index contributed by atoms with van der Waals surface area (Å²) in [4.78, 5) is 0. The standard InChI is InChI=1S/C10H6F2O/c1-3-7-8(11)5-6-9(12)10(7)13-4-2/h1,4-6H,2H2. The molecule has 0 saturated heterocycles. The fourth-order valence-corrected chi connectivity index (χ4v) is 0.866. The molecule has 66 valence electrons. The monoisotopic (exact) mass is 180 g/mol. The van der Waals surface area contributed by atoms with Crippen LogP contribution in [0.25, 0.3) is 0 Å². The maximum absolute atomic E-state index is 13.0. The molecule has 0 aliphatic heterocycles. The fourth-order valence-electron chi connectivity index (χ4n) is 0.866. The molecule has 0 atom stereocenters. The van der Waals surface area contributed by atoms with E-state index >= 15 is 0 Å². The molecule has 0 saturated carbocycles. The van der Waals surface area contributed by atoms with E-state index < -0.39 is 11.6 Å². The first-order chi connectivity index (χ1) is 6.20. The highest BCUT2D eigenvalue weighted by Crippen LogP contribution is 2.24. The van der Waals surface area contributed by atoms with Crippen LogP contribution in [0.2, 0.25) is 0 Å². The van der Waals surface area contributed by atoms with Gasteiger partial charge in [0.2, 0.25) is 0 Å². The Morgan fingerprint density at radius 2 is 2.00 bits per heavy atom. The Bertz CT molecular complexity index is 377. The molecule has 0 aliphatic rings. The van der Waals surface area contributed by atoms with E-state index in [-0.39, 0.29) is 11.3 Å². The maximum Gasteiger partial charge on any atom is 0.180 e. The summed E-state index contributed by atoms with van der Waals surface area (Å²) in [5, 5.41) is 0. The fraction of sp³-hybridized carbons (Fsp3) is 0. The van der Waals surface area contributed by atoms with Crippen molar-refractivity contribution in [2.24, 2.45) is 0 Å². The molecule has 0 bridgehead atoms. The number of terminal acetylenes is 1. The number of hydrogen-bond acceptors (Lipinski definition) is 1. The number of benzene rings is 1. The van der Waals surface area contributed by atoms with Gasteiger partial charge < -0.3 is 4.74 Å². The van der Waals surface area contributed by atoms with Crippen LogP contribution in [0.5, 0.6) is 5.75 Å². The summed E-state index contributed by atoms with van der Waals surface area (Å²) in [6.45, 7) is 3.22. The molecular weight excluding hydrogens is 174 g/mol. The Labute approximate surface area is 74.6 Å². The predicted molar refractivity (Wildman–Crippen MR) is 45.1 cm³/mol. The van der Waals surface area contributed by atoms with Gasteiger partial charge >= 0.3 is 0 Å². The van der Waals surface area contributed by atoms with E-state index in [4.69, 9.17) is 6.42 Å². The molecule has 1 aromatic rings. The second-order valence-electron chi connectivity index (χ2n) is 2.16. The van der Waals surface area contributed by atoms with Crippen LogP contribution in [0.1, 0.15) is 5.56 Å². The van der Waals surface area contributed by atoms with Crippen LogP contribution in [-0.4, -0.2) is 0 Å². The summed E-state index contributed by atoms with van der Waals surface area (Å²) >= 11 is 0. The molecule has 0 fully saturated rings. The van der Waals surface area contributed by atoms with Gasteiger partial charge in [-0.3, -0.25) is 0 Å². The average Bonchev–Trinajstić information content (AvgIpc) is 2.12. The molecule has 3 heteroatoms. The SMILES string of the molecule is C#Cc1c(F)ccc(F)c1OC=C. The van der Waals surface area contributed by atoms with Gasteiger partial charge in [0.1, 0.15) is 11.4 Å². The Morgan fingerprint density at radius 1 is 1.38 bits per heavy atom. The van der Waals surface area contributed by atoms with Crippen molar-refractivity contribution in [2.75, 3.05) is 0 Å². The van der Waals surface area contributed by atoms with Crippen molar-refractivity contribution in [1.82, 2.24) is 0 Å². The molecule has 1 aromatic carbocycles. The van der Waals surface area contributed by atoms with Crippen LogP contribution in [0, 0.1) is 24.0 Å². The minimum atomic E-state index is -0.714. The lowest BCUT2D eigenvalue weighted by Gasteiger charge is -2.04. The lowest BCUT2D eigenvalue weighted by Crippen LogP contribution is -1.94. The molecule has 1 rings (SSSR count). The van der Waals surface area contributed by atoms with Crippen LogP contribution in [0.15, 0.2) is 25.0 Å². The van der Waals surface area contributed by atoms with Crippen molar-refractivity contribution in [3.63, 3.8) is 0 Å². The van der Waals surface area contributed by atoms with Gasteiger partial charge in [0.05, 0.1) is 6.26 Å². The topological polar surface area (TPSA) is 9.23 Å². The van der Waals surface area contributed by atoms with E-state index in [0.717, 1.165) is 18.4 Å². The van der Waals surface area contributed by atoms with E-state index in [1.165, 1.54) is 0 Å². The first-order valence-electron chi connectivity index (χ1n) is 3.43. The number of halogens is 2. The molecular formula is C10H6F2O. The summed E-state index contributed by atoms with van der Waals surface area (Å²) in [6, 6.07) is 1.88. The van der Waals surface area contributed by atoms with Crippen molar-refractivity contribution >= 4 is 0 Å². The van der Waals surface area contributed by atoms with Gasteiger partial charge in [-0.1, -0.05) is 12.5 Å². The predicted octanol–water partition coefficient (Wildman–Crippen LogP) is 2.47. The van der Waals surface area contributed by atoms with E-state index in [2.05, 4.69) is 11.3 Å². The molecule has 0 aliphatic carbocycles. The van der Waals surface area contributed by atoms with Gasteiger partial charge in [-0.25, -0.2) is 8.78 Å². The molecule has 0 amide bonds. The molecule has 0 spiro atoms. The Kier molecular flexibility index (Phi) is 2.65. The highest BCUT2D eigenvalue weighted by Gasteiger charge is 2.12. The zero-order chi connectivity index (χ0) is 9.84. The Morgan fingerprint density at radius 3 is 2.54 bits per heavy atom. The molecule has 0 N–H and O–H groups in total. The molecule has 0 heterocycles. The second-order valence-corrected chi connectivity index (χ2v) is 2.16. The van der Waals surface area contributed by atoms with Crippen molar-refractivity contribution in [3.8, 4) is 18.1 Å². The van der Waals surface area contributed by atoms with Crippen LogP contribution in [0.4, 0.5) is 8.78 Å². The van der Waals surface area contributed by atoms with Crippen molar-refractivity contribution in [1.29, 1.82) is 0 Å². The molecule has 0 radical (unpaired) electrons. The third-order valence-electron chi connectivity index (χ3n) is 1.40. The molecule has 1 nitrogen and oxygen atoms in total. The van der Waals surface area contributed by atoms with Gasteiger partial charge in [-0.2, -0.15) is 0 Å². The highest BCUT2D eigenvalue weighted by molar-refractivity contribution is 5.47. The van der Waals surface area contributed by atoms with Gasteiger partial charge in [0.25, 0.3) is 0 Å². The number of hydrogen-bond donors (Lipinski definition) is 0. The Hall–Kier alpha value is -1.82. The Balaban J connectivity index is 3.36. The lowest BCUT2D eigenvalue weighted by atomic mass is 10.2. The average molecular weight is 180 g/mol. The van der Waals surface area contributed by atoms with Crippen molar-refractivity contribution in [2.45, 2.75) is 0 Å². The van der Waals surface area contributed by atoms with Gasteiger partial charge in [0, 0.05) is 0 Å². The van der Waals surface area contributed by atoms with Gasteiger partial charge in [-0.15, -0.1) is 6.42 Å². The summed E-state index contributed by atoms with van der Waals surface area (Å²) in [5.41, 5.74) is -0.236. The van der Waals surface area contributed by atoms with Crippen LogP contribution in [0.3, 0.4) is 0 Å². The van der Waals surface area contributed by atoms with E-state index in [0.29, 0.717) is 0 Å². The van der Waals surface area contributed by atoms with E-state index in [9.17, 15) is 8.78 Å². The number of rotatable bonds is 2. The molecule has 0 aromatic heterocycles. The minimum absolute atomic E-state index is 0.236. The summed E-state index contributed by atoms with van der Waals surface area (Å²) < 4.78 is 30.5. The third kappa shape index (κ3) is 1.67. The normalized spacial score (nSPS) is 9.00. The summed E-state index contributed by atoms with van der Waals surface area (Å²) in [6.07, 6.45) is 5.96. The lowest BCUT2D eigenvalue weighted by molar-refractivity contribution is 0.434. The smallest absolute Gasteiger partial charge is 0.180 e. The van der Waals surface area contributed by atoms with E-state index in [1.807, 2.05) is 5.92 Å². The quantitative estimate of drug-likeness (QED) is 0.501. The highest BCUT2D eigenvalue weighted by atomic mass is 19.1. The van der Waals surface area contributed by atoms with Crippen molar-refractivity contribution in [3.05, 3.63) is 42.2 Å². The van der Waals surface area contributed by atoms with Crippen molar-refractivity contribution < 1.29 is 13.5 Å². The van der Waals surface area contributed by atoms with Crippen LogP contribution in [-0.2, 0) is 0 Å². The van der Waals surface area contributed by atoms with Gasteiger partial charge in [0.15, 0.2) is 11.6 Å². The van der Waals surface area contributed by atoms with Crippen LogP contribution < -0.4 is 4.74 Å². The second kappa shape index (κ2) is 3.72. The largest absolute Gasteiger partial charge is 0.461 e. The molecule has 13 heavy (non-hydrogen) atoms. The first-order valence-corrected chi connectivity index (χ1v) is 3.43. The van der Waals surface area contributed by atoms with E-state index in [1.54, 1.807) is 0 Å². The zero-order valence-electron chi connectivity index (χ0n) is 6.68. The summed E-state index contributed by atoms with van der Waals surface area (Å²) in [5.74, 6) is 0.286. The molecule has 0 unspecified atom stereocenters. The van der Waals surface area contributed by atoms with Gasteiger partial charge in [-0.05, 0) is 12.1 Å². The zero-order valence-corrected chi connectivity index (χ0v) is 6.68. The first kappa shape index (κ1) is 9.27.